The van der Waals surface area contributed by atoms with E-state index >= 15 is 0 Å². The molecule has 0 atom stereocenters. The van der Waals surface area contributed by atoms with Crippen LogP contribution in [0.3, 0.4) is 0 Å². The second-order valence-corrected chi connectivity index (χ2v) is 8.68. The van der Waals surface area contributed by atoms with Gasteiger partial charge in [0.1, 0.15) is 4.90 Å². The molecule has 1 fully saturated rings. The smallest absolute Gasteiger partial charge is 0.248 e. The summed E-state index contributed by atoms with van der Waals surface area (Å²) in [6.45, 7) is 1.06. The molecule has 1 aromatic heterocycles. The lowest BCUT2D eigenvalue weighted by molar-refractivity contribution is -0.111. The Balaban J connectivity index is 1.79. The number of carbonyl (C=O) groups is 1. The fraction of sp³-hybridized carbons (Fsp3) is 0.278. The minimum absolute atomic E-state index is 0.148. The van der Waals surface area contributed by atoms with E-state index in [4.69, 9.17) is 0 Å². The van der Waals surface area contributed by atoms with E-state index in [9.17, 15) is 13.2 Å². The lowest BCUT2D eigenvalue weighted by Gasteiger charge is -2.26. The van der Waals surface area contributed by atoms with Crippen LogP contribution in [0.2, 0.25) is 0 Å². The van der Waals surface area contributed by atoms with Crippen LogP contribution in [0.1, 0.15) is 24.1 Å². The largest absolute Gasteiger partial charge is 0.321 e. The Morgan fingerprint density at radius 1 is 1.08 bits per heavy atom. The lowest BCUT2D eigenvalue weighted by atomic mass is 10.2. The second kappa shape index (κ2) is 7.95. The fourth-order valence-electron chi connectivity index (χ4n) is 2.76. The molecule has 1 aromatic carbocycles. The monoisotopic (exact) mass is 376 g/mol. The van der Waals surface area contributed by atoms with Crippen LogP contribution in [-0.4, -0.2) is 31.7 Å². The van der Waals surface area contributed by atoms with E-state index in [1.54, 1.807) is 30.3 Å². The molecular formula is C18H20N2O3S2. The molecule has 3 rings (SSSR count). The Kier molecular flexibility index (Phi) is 5.67. The minimum atomic E-state index is -3.60. The highest BCUT2D eigenvalue weighted by Gasteiger charge is 2.28. The first-order valence-electron chi connectivity index (χ1n) is 8.19. The molecule has 1 aliphatic heterocycles. The lowest BCUT2D eigenvalue weighted by Crippen LogP contribution is -2.36. The van der Waals surface area contributed by atoms with Crippen LogP contribution in [0.5, 0.6) is 0 Å². The Bertz CT molecular complexity index is 852. The summed E-state index contributed by atoms with van der Waals surface area (Å²) in [5.41, 5.74) is 0.314. The first-order chi connectivity index (χ1) is 12.1. The number of nitrogens with zero attached hydrogens (tertiary/aromatic N) is 1. The maximum atomic E-state index is 12.9. The molecule has 0 aliphatic carbocycles. The maximum Gasteiger partial charge on any atom is 0.248 e. The van der Waals surface area contributed by atoms with E-state index < -0.39 is 10.0 Å². The summed E-state index contributed by atoms with van der Waals surface area (Å²) in [7, 11) is -3.60. The van der Waals surface area contributed by atoms with Gasteiger partial charge in [0.05, 0.1) is 5.69 Å². The Labute approximate surface area is 152 Å². The van der Waals surface area contributed by atoms with Crippen molar-refractivity contribution in [1.29, 1.82) is 0 Å². The van der Waals surface area contributed by atoms with Gasteiger partial charge in [-0.15, -0.1) is 11.3 Å². The number of sulfonamides is 1. The van der Waals surface area contributed by atoms with Gasteiger partial charge in [0.15, 0.2) is 0 Å². The molecule has 1 N–H and O–H groups in total. The molecule has 25 heavy (non-hydrogen) atoms. The van der Waals surface area contributed by atoms with Crippen LogP contribution in [0, 0.1) is 0 Å². The van der Waals surface area contributed by atoms with Crippen molar-refractivity contribution >= 4 is 39.0 Å². The number of anilines is 1. The molecule has 132 valence electrons. The Hall–Kier alpha value is -1.96. The number of para-hydroxylation sites is 1. The minimum Gasteiger partial charge on any atom is -0.321 e. The van der Waals surface area contributed by atoms with Crippen LogP contribution in [-0.2, 0) is 14.8 Å². The molecule has 0 saturated carbocycles. The maximum absolute atomic E-state index is 12.9. The molecule has 1 amide bonds. The normalized spacial score (nSPS) is 16.2. The number of thiophene rings is 1. The standard InChI is InChI=1S/C18H20N2O3S2/c21-18(11-10-15-7-6-14-24-15)19-16-8-2-3-9-17(16)25(22,23)20-12-4-1-5-13-20/h2-3,6-11,14H,1,4-5,12-13H2,(H,19,21)/b11-10+. The number of benzene rings is 1. The molecule has 1 aliphatic rings. The summed E-state index contributed by atoms with van der Waals surface area (Å²) >= 11 is 1.53. The van der Waals surface area contributed by atoms with Crippen molar-refractivity contribution in [2.45, 2.75) is 24.2 Å². The van der Waals surface area contributed by atoms with Gasteiger partial charge in [0, 0.05) is 24.0 Å². The third-order valence-electron chi connectivity index (χ3n) is 4.02. The van der Waals surface area contributed by atoms with E-state index in [1.165, 1.54) is 21.7 Å². The Morgan fingerprint density at radius 2 is 1.84 bits per heavy atom. The number of piperidine rings is 1. The highest BCUT2D eigenvalue weighted by Crippen LogP contribution is 2.26. The van der Waals surface area contributed by atoms with Crippen LogP contribution in [0.15, 0.2) is 52.7 Å². The number of amides is 1. The molecule has 7 heteroatoms. The number of nitrogens with one attached hydrogen (secondary N) is 1. The van der Waals surface area contributed by atoms with Crippen molar-refractivity contribution in [2.75, 3.05) is 18.4 Å². The summed E-state index contributed by atoms with van der Waals surface area (Å²) in [6.07, 6.45) is 5.92. The average Bonchev–Trinajstić information content (AvgIpc) is 3.15. The van der Waals surface area contributed by atoms with E-state index in [1.807, 2.05) is 17.5 Å². The zero-order valence-corrected chi connectivity index (χ0v) is 15.4. The zero-order chi connectivity index (χ0) is 17.7. The molecule has 0 spiro atoms. The van der Waals surface area contributed by atoms with Crippen LogP contribution in [0.25, 0.3) is 6.08 Å². The van der Waals surface area contributed by atoms with Crippen molar-refractivity contribution in [2.24, 2.45) is 0 Å². The number of rotatable bonds is 5. The van der Waals surface area contributed by atoms with Gasteiger partial charge in [0.2, 0.25) is 15.9 Å². The zero-order valence-electron chi connectivity index (χ0n) is 13.7. The summed E-state index contributed by atoms with van der Waals surface area (Å²) in [5.74, 6) is -0.352. The van der Waals surface area contributed by atoms with Crippen LogP contribution < -0.4 is 5.32 Å². The van der Waals surface area contributed by atoms with E-state index in [0.29, 0.717) is 18.8 Å². The Morgan fingerprint density at radius 3 is 2.56 bits per heavy atom. The predicted molar refractivity (Wildman–Crippen MR) is 101 cm³/mol. The third kappa shape index (κ3) is 4.36. The molecule has 0 unspecified atom stereocenters. The highest BCUT2D eigenvalue weighted by atomic mass is 32.2. The quantitative estimate of drug-likeness (QED) is 0.811. The topological polar surface area (TPSA) is 66.5 Å². The molecule has 1 saturated heterocycles. The van der Waals surface area contributed by atoms with Crippen molar-refractivity contribution in [3.8, 4) is 0 Å². The van der Waals surface area contributed by atoms with E-state index in [2.05, 4.69) is 5.32 Å². The van der Waals surface area contributed by atoms with Crippen LogP contribution in [0.4, 0.5) is 5.69 Å². The van der Waals surface area contributed by atoms with Crippen molar-refractivity contribution in [1.82, 2.24) is 4.31 Å². The van der Waals surface area contributed by atoms with Gasteiger partial charge >= 0.3 is 0 Å². The van der Waals surface area contributed by atoms with Crippen molar-refractivity contribution in [3.63, 3.8) is 0 Å². The molecule has 0 bridgehead atoms. The summed E-state index contributed by atoms with van der Waals surface area (Å²) in [4.78, 5) is 13.3. The molecule has 2 aromatic rings. The summed E-state index contributed by atoms with van der Waals surface area (Å²) < 4.78 is 27.3. The summed E-state index contributed by atoms with van der Waals surface area (Å²) in [5, 5.41) is 4.62. The molecule has 5 nitrogen and oxygen atoms in total. The van der Waals surface area contributed by atoms with Crippen molar-refractivity contribution < 1.29 is 13.2 Å². The van der Waals surface area contributed by atoms with Gasteiger partial charge in [-0.25, -0.2) is 8.42 Å². The SMILES string of the molecule is O=C(/C=C/c1cccs1)Nc1ccccc1S(=O)(=O)N1CCCCC1. The summed E-state index contributed by atoms with van der Waals surface area (Å²) in [6, 6.07) is 10.4. The van der Waals surface area contributed by atoms with Crippen LogP contribution >= 0.6 is 11.3 Å². The number of hydrogen-bond donors (Lipinski definition) is 1. The third-order valence-corrected chi connectivity index (χ3v) is 6.81. The highest BCUT2D eigenvalue weighted by molar-refractivity contribution is 7.89. The van der Waals surface area contributed by atoms with Gasteiger partial charge in [-0.3, -0.25) is 4.79 Å². The second-order valence-electron chi connectivity index (χ2n) is 5.80. The van der Waals surface area contributed by atoms with Gasteiger partial charge < -0.3 is 5.32 Å². The van der Waals surface area contributed by atoms with E-state index in [0.717, 1.165) is 24.1 Å². The first kappa shape index (κ1) is 17.8. The van der Waals surface area contributed by atoms with E-state index in [-0.39, 0.29) is 10.8 Å². The molecule has 0 radical (unpaired) electrons. The van der Waals surface area contributed by atoms with Gasteiger partial charge in [-0.1, -0.05) is 24.6 Å². The van der Waals surface area contributed by atoms with Gasteiger partial charge in [-0.05, 0) is 42.5 Å². The van der Waals surface area contributed by atoms with Gasteiger partial charge in [0.25, 0.3) is 0 Å². The number of hydrogen-bond acceptors (Lipinski definition) is 4. The predicted octanol–water partition coefficient (Wildman–Crippen LogP) is 3.57. The van der Waals surface area contributed by atoms with Crippen molar-refractivity contribution in [3.05, 3.63) is 52.7 Å². The average molecular weight is 377 g/mol. The van der Waals surface area contributed by atoms with Gasteiger partial charge in [-0.2, -0.15) is 4.31 Å². The molecule has 2 heterocycles. The first-order valence-corrected chi connectivity index (χ1v) is 10.5. The number of carbonyl (C=O) groups excluding carboxylic acids is 1. The molecular weight excluding hydrogens is 356 g/mol. The fourth-order valence-corrected chi connectivity index (χ4v) is 5.04.